The number of fused-ring (bicyclic) bond motifs is 1. The summed E-state index contributed by atoms with van der Waals surface area (Å²) in [6.45, 7) is 6.48. The van der Waals surface area contributed by atoms with Crippen LogP contribution in [0.2, 0.25) is 0 Å². The van der Waals surface area contributed by atoms with Gasteiger partial charge in [-0.05, 0) is 66.6 Å². The van der Waals surface area contributed by atoms with Gasteiger partial charge in [-0.3, -0.25) is 0 Å². The van der Waals surface area contributed by atoms with Crippen molar-refractivity contribution in [3.8, 4) is 5.75 Å². The van der Waals surface area contributed by atoms with Gasteiger partial charge in [-0.1, -0.05) is 26.8 Å². The molecule has 2 aromatic rings. The molecule has 2 N–H and O–H groups in total. The third-order valence-electron chi connectivity index (χ3n) is 5.10. The van der Waals surface area contributed by atoms with Crippen LogP contribution in [0.1, 0.15) is 60.0 Å². The zero-order valence-electron chi connectivity index (χ0n) is 17.6. The molecule has 1 aromatic carbocycles. The summed E-state index contributed by atoms with van der Waals surface area (Å²) >= 11 is 7.15. The Labute approximate surface area is 181 Å². The molecule has 1 aliphatic rings. The Hall–Kier alpha value is -2.12. The van der Waals surface area contributed by atoms with Crippen LogP contribution in [0.3, 0.4) is 0 Å². The molecular formula is C22H28N2O3S2. The third-order valence-corrected chi connectivity index (χ3v) is 6.51. The first-order valence-electron chi connectivity index (χ1n) is 9.74. The summed E-state index contributed by atoms with van der Waals surface area (Å²) in [5.41, 5.74) is 3.68. The minimum absolute atomic E-state index is 0.00259. The molecule has 156 valence electrons. The van der Waals surface area contributed by atoms with Crippen LogP contribution >= 0.6 is 23.6 Å². The van der Waals surface area contributed by atoms with Crippen LogP contribution in [0.15, 0.2) is 18.2 Å². The summed E-state index contributed by atoms with van der Waals surface area (Å²) in [7, 11) is 3.05. The highest BCUT2D eigenvalue weighted by Gasteiger charge is 2.26. The van der Waals surface area contributed by atoms with Crippen molar-refractivity contribution in [3.63, 3.8) is 0 Å². The maximum Gasteiger partial charge on any atom is 0.341 e. The molecule has 0 spiro atoms. The fourth-order valence-electron chi connectivity index (χ4n) is 3.50. The van der Waals surface area contributed by atoms with Gasteiger partial charge in [-0.25, -0.2) is 4.79 Å². The van der Waals surface area contributed by atoms with E-state index in [1.54, 1.807) is 18.4 Å². The number of anilines is 2. The monoisotopic (exact) mass is 432 g/mol. The highest BCUT2D eigenvalue weighted by Crippen LogP contribution is 2.39. The van der Waals surface area contributed by atoms with Crippen LogP contribution in [0, 0.1) is 0 Å². The molecule has 0 fully saturated rings. The summed E-state index contributed by atoms with van der Waals surface area (Å²) < 4.78 is 10.5. The lowest BCUT2D eigenvalue weighted by molar-refractivity contribution is 0.0601. The largest absolute Gasteiger partial charge is 0.495 e. The Kier molecular flexibility index (Phi) is 6.49. The lowest BCUT2D eigenvalue weighted by Crippen LogP contribution is -2.21. The van der Waals surface area contributed by atoms with Crippen LogP contribution in [-0.2, 0) is 23.0 Å². The lowest BCUT2D eigenvalue weighted by Gasteiger charge is -2.21. The predicted molar refractivity (Wildman–Crippen MR) is 124 cm³/mol. The van der Waals surface area contributed by atoms with Gasteiger partial charge in [0.15, 0.2) is 5.11 Å². The summed E-state index contributed by atoms with van der Waals surface area (Å²) in [4.78, 5) is 13.7. The molecule has 3 rings (SSSR count). The van der Waals surface area contributed by atoms with Gasteiger partial charge in [0.1, 0.15) is 10.8 Å². The number of thiocarbonyl (C=S) groups is 1. The first kappa shape index (κ1) is 21.6. The molecule has 1 aromatic heterocycles. The number of ether oxygens (including phenoxy) is 2. The fraction of sp³-hybridized carbons (Fsp3) is 0.455. The van der Waals surface area contributed by atoms with Crippen molar-refractivity contribution in [2.75, 3.05) is 24.9 Å². The van der Waals surface area contributed by atoms with E-state index >= 15 is 0 Å². The van der Waals surface area contributed by atoms with Gasteiger partial charge in [-0.2, -0.15) is 0 Å². The van der Waals surface area contributed by atoms with E-state index in [-0.39, 0.29) is 11.4 Å². The normalized spacial score (nSPS) is 13.4. The second-order valence-electron chi connectivity index (χ2n) is 8.15. The molecular weight excluding hydrogens is 404 g/mol. The predicted octanol–water partition coefficient (Wildman–Crippen LogP) is 5.53. The van der Waals surface area contributed by atoms with Crippen LogP contribution in [0.4, 0.5) is 10.7 Å². The first-order valence-corrected chi connectivity index (χ1v) is 11.0. The maximum absolute atomic E-state index is 12.4. The first-order chi connectivity index (χ1) is 13.7. The highest BCUT2D eigenvalue weighted by atomic mass is 32.1. The molecule has 5 nitrogen and oxygen atoms in total. The Balaban J connectivity index is 1.87. The van der Waals surface area contributed by atoms with Gasteiger partial charge < -0.3 is 20.1 Å². The molecule has 0 radical (unpaired) electrons. The van der Waals surface area contributed by atoms with E-state index < -0.39 is 0 Å². The average molecular weight is 433 g/mol. The zero-order valence-corrected chi connectivity index (χ0v) is 19.2. The number of benzene rings is 1. The molecule has 1 heterocycles. The summed E-state index contributed by atoms with van der Waals surface area (Å²) in [5, 5.41) is 7.62. The number of methoxy groups -OCH3 is 2. The topological polar surface area (TPSA) is 59.6 Å². The molecule has 0 bridgehead atoms. The van der Waals surface area contributed by atoms with Crippen molar-refractivity contribution in [3.05, 3.63) is 39.8 Å². The number of rotatable bonds is 4. The fourth-order valence-corrected chi connectivity index (χ4v) is 5.06. The molecule has 0 saturated carbocycles. The zero-order chi connectivity index (χ0) is 21.2. The lowest BCUT2D eigenvalue weighted by atomic mass is 9.87. The standard InChI is InChI=1S/C22H28N2O3S2/c1-22(2,3)13-10-11-16(26-4)15(12-13)23-21(28)24-19-18(20(25)27-5)14-8-6-7-9-17(14)29-19/h10-12H,6-9H2,1-5H3,(H2,23,24,28). The van der Waals surface area contributed by atoms with Crippen molar-refractivity contribution in [1.29, 1.82) is 0 Å². The number of aryl methyl sites for hydroxylation is 1. The molecule has 0 unspecified atom stereocenters. The number of carbonyl (C=O) groups excluding carboxylic acids is 1. The average Bonchev–Trinajstić information content (AvgIpc) is 3.04. The van der Waals surface area contributed by atoms with Gasteiger partial charge in [0, 0.05) is 4.88 Å². The highest BCUT2D eigenvalue weighted by molar-refractivity contribution is 7.80. The van der Waals surface area contributed by atoms with E-state index in [1.807, 2.05) is 12.1 Å². The van der Waals surface area contributed by atoms with Gasteiger partial charge >= 0.3 is 5.97 Å². The second-order valence-corrected chi connectivity index (χ2v) is 9.66. The van der Waals surface area contributed by atoms with E-state index in [0.29, 0.717) is 16.4 Å². The Morgan fingerprint density at radius 1 is 1.14 bits per heavy atom. The number of thiophene rings is 1. The van der Waals surface area contributed by atoms with E-state index in [2.05, 4.69) is 37.5 Å². The van der Waals surface area contributed by atoms with E-state index in [9.17, 15) is 4.79 Å². The van der Waals surface area contributed by atoms with E-state index in [1.165, 1.54) is 17.6 Å². The maximum atomic E-state index is 12.4. The van der Waals surface area contributed by atoms with Crippen molar-refractivity contribution in [2.24, 2.45) is 0 Å². The Bertz CT molecular complexity index is 929. The van der Waals surface area contributed by atoms with Gasteiger partial charge in [0.05, 0.1) is 25.5 Å². The molecule has 7 heteroatoms. The number of carbonyl (C=O) groups is 1. The van der Waals surface area contributed by atoms with Crippen molar-refractivity contribution in [2.45, 2.75) is 51.9 Å². The SMILES string of the molecule is COC(=O)c1c(NC(=S)Nc2cc(C(C)(C)C)ccc2OC)sc2c1CCCC2. The molecule has 0 amide bonds. The van der Waals surface area contributed by atoms with Crippen molar-refractivity contribution in [1.82, 2.24) is 0 Å². The van der Waals surface area contributed by atoms with Gasteiger partial charge in [-0.15, -0.1) is 11.3 Å². The molecule has 0 atom stereocenters. The summed E-state index contributed by atoms with van der Waals surface area (Å²) in [5.74, 6) is 0.392. The smallest absolute Gasteiger partial charge is 0.341 e. The number of nitrogens with one attached hydrogen (secondary N) is 2. The minimum Gasteiger partial charge on any atom is -0.495 e. The number of esters is 1. The van der Waals surface area contributed by atoms with E-state index in [0.717, 1.165) is 41.9 Å². The van der Waals surface area contributed by atoms with Gasteiger partial charge in [0.25, 0.3) is 0 Å². The molecule has 0 saturated heterocycles. The van der Waals surface area contributed by atoms with Crippen LogP contribution in [0.25, 0.3) is 0 Å². The summed E-state index contributed by atoms with van der Waals surface area (Å²) in [6, 6.07) is 6.05. The molecule has 1 aliphatic carbocycles. The second kappa shape index (κ2) is 8.71. The minimum atomic E-state index is -0.318. The van der Waals surface area contributed by atoms with Crippen LogP contribution in [0.5, 0.6) is 5.75 Å². The van der Waals surface area contributed by atoms with Gasteiger partial charge in [0.2, 0.25) is 0 Å². The molecule has 0 aliphatic heterocycles. The Morgan fingerprint density at radius 2 is 1.86 bits per heavy atom. The van der Waals surface area contributed by atoms with Crippen LogP contribution in [-0.4, -0.2) is 25.3 Å². The Morgan fingerprint density at radius 3 is 2.52 bits per heavy atom. The van der Waals surface area contributed by atoms with Crippen LogP contribution < -0.4 is 15.4 Å². The number of hydrogen-bond acceptors (Lipinski definition) is 5. The van der Waals surface area contributed by atoms with Crippen molar-refractivity contribution < 1.29 is 14.3 Å². The number of hydrogen-bond donors (Lipinski definition) is 2. The summed E-state index contributed by atoms with van der Waals surface area (Å²) in [6.07, 6.45) is 4.13. The quantitative estimate of drug-likeness (QED) is 0.489. The molecule has 29 heavy (non-hydrogen) atoms. The van der Waals surface area contributed by atoms with Crippen molar-refractivity contribution >= 4 is 45.3 Å². The van der Waals surface area contributed by atoms with E-state index in [4.69, 9.17) is 21.7 Å². The third kappa shape index (κ3) is 4.73.